The van der Waals surface area contributed by atoms with Gasteiger partial charge in [0.25, 0.3) is 0 Å². The summed E-state index contributed by atoms with van der Waals surface area (Å²) in [5, 5.41) is 3.17. The maximum absolute atomic E-state index is 12.7. The van der Waals surface area contributed by atoms with E-state index in [-0.39, 0.29) is 11.8 Å². The lowest BCUT2D eigenvalue weighted by Crippen LogP contribution is -2.36. The van der Waals surface area contributed by atoms with Gasteiger partial charge < -0.3 is 10.2 Å². The first-order valence-electron chi connectivity index (χ1n) is 9.27. The fourth-order valence-electron chi connectivity index (χ4n) is 3.44. The molecule has 1 amide bonds. The summed E-state index contributed by atoms with van der Waals surface area (Å²) in [5.41, 5.74) is 1.13. The molecule has 1 saturated heterocycles. The third-order valence-corrected chi connectivity index (χ3v) is 5.05. The Labute approximate surface area is 141 Å². The van der Waals surface area contributed by atoms with Gasteiger partial charge in [0.2, 0.25) is 5.91 Å². The third-order valence-electron chi connectivity index (χ3n) is 5.05. The molecule has 23 heavy (non-hydrogen) atoms. The standard InChI is InChI=1S/C20H32N2O/c1-3-17(2)19(18-11-6-4-7-12-18)20(23)21-13-10-16-22-14-8-5-9-15-22/h4,6-7,11-12,17,19H,3,5,8-10,13-16H2,1-2H3,(H,21,23). The molecule has 0 radical (unpaired) electrons. The van der Waals surface area contributed by atoms with Gasteiger partial charge in [-0.1, -0.05) is 57.0 Å². The average Bonchev–Trinajstić information content (AvgIpc) is 2.60. The Kier molecular flexibility index (Phi) is 7.60. The summed E-state index contributed by atoms with van der Waals surface area (Å²) in [7, 11) is 0. The minimum atomic E-state index is -0.0313. The van der Waals surface area contributed by atoms with E-state index < -0.39 is 0 Å². The minimum absolute atomic E-state index is 0.0313. The van der Waals surface area contributed by atoms with Crippen LogP contribution >= 0.6 is 0 Å². The van der Waals surface area contributed by atoms with E-state index in [1.165, 1.54) is 32.4 Å². The smallest absolute Gasteiger partial charge is 0.227 e. The zero-order valence-electron chi connectivity index (χ0n) is 14.8. The maximum atomic E-state index is 12.7. The molecule has 0 saturated carbocycles. The Balaban J connectivity index is 1.81. The fourth-order valence-corrected chi connectivity index (χ4v) is 3.44. The number of hydrogen-bond donors (Lipinski definition) is 1. The Bertz CT molecular complexity index is 454. The molecule has 0 aliphatic carbocycles. The number of nitrogens with one attached hydrogen (secondary N) is 1. The highest BCUT2D eigenvalue weighted by Gasteiger charge is 2.25. The van der Waals surface area contributed by atoms with Crippen molar-refractivity contribution in [1.29, 1.82) is 0 Å². The van der Waals surface area contributed by atoms with Crippen LogP contribution < -0.4 is 5.32 Å². The molecule has 0 spiro atoms. The van der Waals surface area contributed by atoms with Crippen LogP contribution in [0.5, 0.6) is 0 Å². The first kappa shape index (κ1) is 18.0. The molecule has 3 heteroatoms. The van der Waals surface area contributed by atoms with Crippen LogP contribution in [0.3, 0.4) is 0 Å². The summed E-state index contributed by atoms with van der Waals surface area (Å²) in [4.78, 5) is 15.2. The molecule has 1 fully saturated rings. The minimum Gasteiger partial charge on any atom is -0.356 e. The quantitative estimate of drug-likeness (QED) is 0.740. The van der Waals surface area contributed by atoms with Crippen LogP contribution in [0.2, 0.25) is 0 Å². The zero-order valence-corrected chi connectivity index (χ0v) is 14.8. The van der Waals surface area contributed by atoms with Gasteiger partial charge in [0, 0.05) is 6.54 Å². The van der Waals surface area contributed by atoms with Gasteiger partial charge in [-0.3, -0.25) is 4.79 Å². The number of rotatable bonds is 8. The number of hydrogen-bond acceptors (Lipinski definition) is 2. The predicted octanol–water partition coefficient (Wildman–Crippen LogP) is 3.81. The van der Waals surface area contributed by atoms with Gasteiger partial charge in [0.05, 0.1) is 5.92 Å². The molecule has 128 valence electrons. The molecular formula is C20H32N2O. The largest absolute Gasteiger partial charge is 0.356 e. The molecule has 1 N–H and O–H groups in total. The monoisotopic (exact) mass is 316 g/mol. The van der Waals surface area contributed by atoms with Crippen molar-refractivity contribution < 1.29 is 4.79 Å². The van der Waals surface area contributed by atoms with Crippen molar-refractivity contribution >= 4 is 5.91 Å². The predicted molar refractivity (Wildman–Crippen MR) is 96.6 cm³/mol. The van der Waals surface area contributed by atoms with Crippen LogP contribution in [0.1, 0.15) is 57.4 Å². The van der Waals surface area contributed by atoms with Crippen LogP contribution in [0.15, 0.2) is 30.3 Å². The summed E-state index contributed by atoms with van der Waals surface area (Å²) in [6.45, 7) is 8.69. The molecule has 2 unspecified atom stereocenters. The molecule has 1 aromatic rings. The van der Waals surface area contributed by atoms with Crippen molar-refractivity contribution in [3.8, 4) is 0 Å². The van der Waals surface area contributed by atoms with E-state index in [0.29, 0.717) is 5.92 Å². The summed E-state index contributed by atoms with van der Waals surface area (Å²) in [6.07, 6.45) is 6.10. The van der Waals surface area contributed by atoms with Gasteiger partial charge >= 0.3 is 0 Å². The molecule has 1 aliphatic heterocycles. The van der Waals surface area contributed by atoms with E-state index in [0.717, 1.165) is 31.5 Å². The van der Waals surface area contributed by atoms with E-state index in [9.17, 15) is 4.79 Å². The number of amides is 1. The second-order valence-corrected chi connectivity index (χ2v) is 6.82. The van der Waals surface area contributed by atoms with Gasteiger partial charge in [-0.05, 0) is 50.4 Å². The summed E-state index contributed by atoms with van der Waals surface area (Å²) < 4.78 is 0. The van der Waals surface area contributed by atoms with E-state index in [1.54, 1.807) is 0 Å². The lowest BCUT2D eigenvalue weighted by Gasteiger charge is -2.27. The maximum Gasteiger partial charge on any atom is 0.227 e. The average molecular weight is 316 g/mol. The van der Waals surface area contributed by atoms with Gasteiger partial charge in [-0.25, -0.2) is 0 Å². The van der Waals surface area contributed by atoms with Crippen molar-refractivity contribution in [3.05, 3.63) is 35.9 Å². The van der Waals surface area contributed by atoms with Crippen LogP contribution in [-0.2, 0) is 4.79 Å². The summed E-state index contributed by atoms with van der Waals surface area (Å²) in [6, 6.07) is 10.2. The van der Waals surface area contributed by atoms with Crippen molar-refractivity contribution in [3.63, 3.8) is 0 Å². The highest BCUT2D eigenvalue weighted by atomic mass is 16.1. The van der Waals surface area contributed by atoms with Crippen LogP contribution in [0.4, 0.5) is 0 Å². The molecule has 2 atom stereocenters. The highest BCUT2D eigenvalue weighted by Crippen LogP contribution is 2.27. The lowest BCUT2D eigenvalue weighted by molar-refractivity contribution is -0.123. The Morgan fingerprint density at radius 3 is 2.52 bits per heavy atom. The number of nitrogens with zero attached hydrogens (tertiary/aromatic N) is 1. The summed E-state index contributed by atoms with van der Waals surface area (Å²) >= 11 is 0. The third kappa shape index (κ3) is 5.65. The highest BCUT2D eigenvalue weighted by molar-refractivity contribution is 5.83. The molecular weight excluding hydrogens is 284 g/mol. The van der Waals surface area contributed by atoms with E-state index in [2.05, 4.69) is 36.2 Å². The number of likely N-dealkylation sites (tertiary alicyclic amines) is 1. The van der Waals surface area contributed by atoms with Crippen LogP contribution in [0.25, 0.3) is 0 Å². The SMILES string of the molecule is CCC(C)C(C(=O)NCCCN1CCCCC1)c1ccccc1. The van der Waals surface area contributed by atoms with E-state index in [1.807, 2.05) is 18.2 Å². The Hall–Kier alpha value is -1.35. The normalized spacial score (nSPS) is 18.3. The molecule has 0 bridgehead atoms. The summed E-state index contributed by atoms with van der Waals surface area (Å²) in [5.74, 6) is 0.514. The Morgan fingerprint density at radius 1 is 1.17 bits per heavy atom. The molecule has 2 rings (SSSR count). The van der Waals surface area contributed by atoms with E-state index in [4.69, 9.17) is 0 Å². The van der Waals surface area contributed by atoms with Crippen LogP contribution in [0, 0.1) is 5.92 Å². The number of piperidine rings is 1. The first-order valence-corrected chi connectivity index (χ1v) is 9.27. The number of carbonyl (C=O) groups is 1. The number of carbonyl (C=O) groups excluding carboxylic acids is 1. The van der Waals surface area contributed by atoms with Gasteiger partial charge in [-0.2, -0.15) is 0 Å². The second-order valence-electron chi connectivity index (χ2n) is 6.82. The molecule has 0 aromatic heterocycles. The fraction of sp³-hybridized carbons (Fsp3) is 0.650. The van der Waals surface area contributed by atoms with Gasteiger partial charge in [-0.15, -0.1) is 0 Å². The molecule has 3 nitrogen and oxygen atoms in total. The first-order chi connectivity index (χ1) is 11.2. The Morgan fingerprint density at radius 2 is 1.87 bits per heavy atom. The zero-order chi connectivity index (χ0) is 16.5. The van der Waals surface area contributed by atoms with E-state index >= 15 is 0 Å². The lowest BCUT2D eigenvalue weighted by atomic mass is 9.85. The van der Waals surface area contributed by atoms with Gasteiger partial charge in [0.1, 0.15) is 0 Å². The molecule has 1 aromatic carbocycles. The number of benzene rings is 1. The second kappa shape index (κ2) is 9.71. The topological polar surface area (TPSA) is 32.3 Å². The van der Waals surface area contributed by atoms with Crippen molar-refractivity contribution in [2.24, 2.45) is 5.92 Å². The van der Waals surface area contributed by atoms with Crippen molar-refractivity contribution in [2.75, 3.05) is 26.2 Å². The molecule has 1 aliphatic rings. The molecule has 1 heterocycles. The van der Waals surface area contributed by atoms with Crippen molar-refractivity contribution in [1.82, 2.24) is 10.2 Å². The van der Waals surface area contributed by atoms with Crippen molar-refractivity contribution in [2.45, 2.75) is 51.9 Å². The van der Waals surface area contributed by atoms with Gasteiger partial charge in [0.15, 0.2) is 0 Å². The van der Waals surface area contributed by atoms with Crippen LogP contribution in [-0.4, -0.2) is 37.0 Å².